The average molecular weight is 271 g/mol. The van der Waals surface area contributed by atoms with Crippen LogP contribution >= 0.6 is 0 Å². The lowest BCUT2D eigenvalue weighted by Crippen LogP contribution is -2.42. The third-order valence-corrected chi connectivity index (χ3v) is 4.37. The quantitative estimate of drug-likeness (QED) is 0.881. The van der Waals surface area contributed by atoms with Crippen LogP contribution < -0.4 is 5.73 Å². The van der Waals surface area contributed by atoms with Gasteiger partial charge < -0.3 is 15.6 Å². The highest BCUT2D eigenvalue weighted by Crippen LogP contribution is 2.22. The molecule has 1 amide bonds. The van der Waals surface area contributed by atoms with Gasteiger partial charge in [0.25, 0.3) is 5.91 Å². The fraction of sp³-hybridized carbons (Fsp3) is 0.438. The maximum atomic E-state index is 12.5. The van der Waals surface area contributed by atoms with E-state index in [1.54, 1.807) is 0 Å². The van der Waals surface area contributed by atoms with E-state index in [-0.39, 0.29) is 11.9 Å². The van der Waals surface area contributed by atoms with Crippen LogP contribution in [0.3, 0.4) is 0 Å². The van der Waals surface area contributed by atoms with Crippen LogP contribution in [0.5, 0.6) is 0 Å². The number of rotatable bonds is 2. The first-order valence-corrected chi connectivity index (χ1v) is 7.27. The van der Waals surface area contributed by atoms with Crippen molar-refractivity contribution in [3.8, 4) is 0 Å². The molecule has 0 saturated carbocycles. The smallest absolute Gasteiger partial charge is 0.253 e. The van der Waals surface area contributed by atoms with E-state index < -0.39 is 0 Å². The Balaban J connectivity index is 1.73. The molecule has 1 aliphatic rings. The molecule has 1 atom stereocenters. The zero-order valence-electron chi connectivity index (χ0n) is 11.8. The summed E-state index contributed by atoms with van der Waals surface area (Å²) in [6, 6.07) is 8.08. The summed E-state index contributed by atoms with van der Waals surface area (Å²) in [6.45, 7) is 3.68. The van der Waals surface area contributed by atoms with Crippen molar-refractivity contribution in [2.24, 2.45) is 11.7 Å². The Morgan fingerprint density at radius 1 is 1.35 bits per heavy atom. The summed E-state index contributed by atoms with van der Waals surface area (Å²) in [5.74, 6) is 0.676. The van der Waals surface area contributed by atoms with Crippen LogP contribution in [-0.4, -0.2) is 34.9 Å². The first-order chi connectivity index (χ1) is 9.65. The highest BCUT2D eigenvalue weighted by molar-refractivity contribution is 5.97. The number of amides is 1. The van der Waals surface area contributed by atoms with Gasteiger partial charge in [0.1, 0.15) is 0 Å². The molecule has 2 aromatic rings. The highest BCUT2D eigenvalue weighted by Gasteiger charge is 2.25. The zero-order chi connectivity index (χ0) is 14.1. The topological polar surface area (TPSA) is 62.1 Å². The first kappa shape index (κ1) is 13.2. The molecule has 1 aromatic heterocycles. The molecule has 0 radical (unpaired) electrons. The number of nitrogens with two attached hydrogens (primary N) is 1. The molecular formula is C16H21N3O. The Morgan fingerprint density at radius 3 is 2.80 bits per heavy atom. The second kappa shape index (κ2) is 5.29. The van der Waals surface area contributed by atoms with Crippen molar-refractivity contribution in [2.75, 3.05) is 13.1 Å². The number of aromatic amines is 1. The summed E-state index contributed by atoms with van der Waals surface area (Å²) in [7, 11) is 0. The van der Waals surface area contributed by atoms with E-state index in [1.165, 1.54) is 0 Å². The lowest BCUT2D eigenvalue weighted by Gasteiger charge is -2.33. The number of hydrogen-bond donors (Lipinski definition) is 2. The van der Waals surface area contributed by atoms with Crippen molar-refractivity contribution in [1.82, 2.24) is 9.88 Å². The summed E-state index contributed by atoms with van der Waals surface area (Å²) < 4.78 is 0. The maximum Gasteiger partial charge on any atom is 0.253 e. The lowest BCUT2D eigenvalue weighted by molar-refractivity contribution is 0.0681. The van der Waals surface area contributed by atoms with Gasteiger partial charge in [-0.3, -0.25) is 4.79 Å². The van der Waals surface area contributed by atoms with Gasteiger partial charge in [0.15, 0.2) is 0 Å². The van der Waals surface area contributed by atoms with Crippen LogP contribution in [0.15, 0.2) is 30.5 Å². The molecule has 3 rings (SSSR count). The molecule has 1 aromatic carbocycles. The second-order valence-electron chi connectivity index (χ2n) is 5.77. The summed E-state index contributed by atoms with van der Waals surface area (Å²) in [6.07, 6.45) is 3.91. The molecule has 3 N–H and O–H groups in total. The Morgan fingerprint density at radius 2 is 2.10 bits per heavy atom. The van der Waals surface area contributed by atoms with E-state index in [1.807, 2.05) is 35.4 Å². The molecule has 0 spiro atoms. The Hall–Kier alpha value is -1.81. The van der Waals surface area contributed by atoms with Crippen LogP contribution in [-0.2, 0) is 0 Å². The summed E-state index contributed by atoms with van der Waals surface area (Å²) in [5, 5.41) is 1.14. The largest absolute Gasteiger partial charge is 0.361 e. The third kappa shape index (κ3) is 2.43. The van der Waals surface area contributed by atoms with Crippen molar-refractivity contribution in [3.63, 3.8) is 0 Å². The molecule has 1 saturated heterocycles. The number of benzene rings is 1. The van der Waals surface area contributed by atoms with Gasteiger partial charge in [-0.1, -0.05) is 6.07 Å². The zero-order valence-corrected chi connectivity index (χ0v) is 11.8. The van der Waals surface area contributed by atoms with E-state index in [0.29, 0.717) is 5.92 Å². The Labute approximate surface area is 118 Å². The van der Waals surface area contributed by atoms with Gasteiger partial charge in [0, 0.05) is 36.4 Å². The molecule has 4 heteroatoms. The maximum absolute atomic E-state index is 12.5. The molecule has 4 nitrogen and oxygen atoms in total. The number of carbonyl (C=O) groups is 1. The van der Waals surface area contributed by atoms with Crippen molar-refractivity contribution in [1.29, 1.82) is 0 Å². The number of hydrogen-bond acceptors (Lipinski definition) is 2. The Bertz CT molecular complexity index is 609. The SMILES string of the molecule is CC(N)C1CCN(C(=O)c2ccc3cc[nH]c3c2)CC1. The molecule has 1 unspecified atom stereocenters. The molecule has 1 fully saturated rings. The minimum atomic E-state index is 0.129. The van der Waals surface area contributed by atoms with Crippen LogP contribution in [0.1, 0.15) is 30.1 Å². The number of carbonyl (C=O) groups excluding carboxylic acids is 1. The number of likely N-dealkylation sites (tertiary alicyclic amines) is 1. The number of H-pyrrole nitrogens is 1. The molecule has 0 bridgehead atoms. The van der Waals surface area contributed by atoms with Crippen molar-refractivity contribution in [2.45, 2.75) is 25.8 Å². The minimum Gasteiger partial charge on any atom is -0.361 e. The predicted molar refractivity (Wildman–Crippen MR) is 80.6 cm³/mol. The summed E-state index contributed by atoms with van der Waals surface area (Å²) >= 11 is 0. The fourth-order valence-corrected chi connectivity index (χ4v) is 2.99. The molecule has 2 heterocycles. The van der Waals surface area contributed by atoms with Crippen LogP contribution in [0.25, 0.3) is 10.9 Å². The standard InChI is InChI=1S/C16H21N3O/c1-11(17)12-5-8-19(9-6-12)16(20)14-3-2-13-4-7-18-15(13)10-14/h2-4,7,10-12,18H,5-6,8-9,17H2,1H3. The molecule has 0 aliphatic carbocycles. The number of aromatic nitrogens is 1. The van der Waals surface area contributed by atoms with E-state index in [4.69, 9.17) is 5.73 Å². The second-order valence-corrected chi connectivity index (χ2v) is 5.77. The van der Waals surface area contributed by atoms with Crippen LogP contribution in [0.2, 0.25) is 0 Å². The first-order valence-electron chi connectivity index (χ1n) is 7.27. The molecule has 1 aliphatic heterocycles. The van der Waals surface area contributed by atoms with Crippen LogP contribution in [0.4, 0.5) is 0 Å². The van der Waals surface area contributed by atoms with Crippen molar-refractivity contribution in [3.05, 3.63) is 36.0 Å². The minimum absolute atomic E-state index is 0.129. The van der Waals surface area contributed by atoms with Gasteiger partial charge in [-0.15, -0.1) is 0 Å². The molecule has 106 valence electrons. The van der Waals surface area contributed by atoms with Crippen LogP contribution in [0, 0.1) is 5.92 Å². The number of fused-ring (bicyclic) bond motifs is 1. The fourth-order valence-electron chi connectivity index (χ4n) is 2.99. The summed E-state index contributed by atoms with van der Waals surface area (Å²) in [4.78, 5) is 17.6. The van der Waals surface area contributed by atoms with Gasteiger partial charge in [0.2, 0.25) is 0 Å². The normalized spacial score (nSPS) is 18.4. The molecular weight excluding hydrogens is 250 g/mol. The van der Waals surface area contributed by atoms with Gasteiger partial charge in [0.05, 0.1) is 0 Å². The highest BCUT2D eigenvalue weighted by atomic mass is 16.2. The van der Waals surface area contributed by atoms with E-state index in [9.17, 15) is 4.79 Å². The molecule has 20 heavy (non-hydrogen) atoms. The van der Waals surface area contributed by atoms with Gasteiger partial charge >= 0.3 is 0 Å². The Kier molecular flexibility index (Phi) is 3.49. The van der Waals surface area contributed by atoms with Crippen molar-refractivity contribution >= 4 is 16.8 Å². The van der Waals surface area contributed by atoms with Gasteiger partial charge in [-0.2, -0.15) is 0 Å². The van der Waals surface area contributed by atoms with E-state index in [2.05, 4.69) is 11.9 Å². The average Bonchev–Trinajstić information content (AvgIpc) is 2.94. The number of piperidine rings is 1. The third-order valence-electron chi connectivity index (χ3n) is 4.37. The number of nitrogens with zero attached hydrogens (tertiary/aromatic N) is 1. The predicted octanol–water partition coefficient (Wildman–Crippen LogP) is 2.37. The van der Waals surface area contributed by atoms with E-state index in [0.717, 1.165) is 42.4 Å². The number of nitrogens with one attached hydrogen (secondary N) is 1. The van der Waals surface area contributed by atoms with Crippen molar-refractivity contribution < 1.29 is 4.79 Å². The van der Waals surface area contributed by atoms with Gasteiger partial charge in [-0.05, 0) is 49.3 Å². The van der Waals surface area contributed by atoms with Gasteiger partial charge in [-0.25, -0.2) is 0 Å². The van der Waals surface area contributed by atoms with E-state index >= 15 is 0 Å². The monoisotopic (exact) mass is 271 g/mol. The lowest BCUT2D eigenvalue weighted by atomic mass is 9.90. The summed E-state index contributed by atoms with van der Waals surface area (Å²) in [5.41, 5.74) is 7.72.